The van der Waals surface area contributed by atoms with Crippen molar-refractivity contribution >= 4 is 11.8 Å². The van der Waals surface area contributed by atoms with Crippen molar-refractivity contribution in [2.45, 2.75) is 13.0 Å². The summed E-state index contributed by atoms with van der Waals surface area (Å²) in [5, 5.41) is 10.1. The van der Waals surface area contributed by atoms with Crippen LogP contribution in [0, 0.1) is 0 Å². The summed E-state index contributed by atoms with van der Waals surface area (Å²) < 4.78 is 1.46. The topological polar surface area (TPSA) is 80.1 Å². The van der Waals surface area contributed by atoms with E-state index in [1.54, 1.807) is 20.2 Å². The molecule has 1 atom stereocenters. The SMILES string of the molecule is CC1C(=O)NCCN1C(=O)c1cn(C)nn1. The maximum atomic E-state index is 12.0. The first-order chi connectivity index (χ1) is 7.59. The number of rotatable bonds is 1. The van der Waals surface area contributed by atoms with Crippen molar-refractivity contribution in [2.24, 2.45) is 7.05 Å². The van der Waals surface area contributed by atoms with Gasteiger partial charge in [0.2, 0.25) is 5.91 Å². The van der Waals surface area contributed by atoms with Crippen molar-refractivity contribution in [3.63, 3.8) is 0 Å². The molecule has 2 heterocycles. The third-order valence-electron chi connectivity index (χ3n) is 2.58. The summed E-state index contributed by atoms with van der Waals surface area (Å²) >= 11 is 0. The summed E-state index contributed by atoms with van der Waals surface area (Å²) in [6.45, 7) is 2.68. The lowest BCUT2D eigenvalue weighted by Crippen LogP contribution is -2.55. The molecule has 1 aliphatic rings. The molecule has 7 nitrogen and oxygen atoms in total. The number of hydrogen-bond acceptors (Lipinski definition) is 4. The average molecular weight is 223 g/mol. The molecule has 1 aliphatic heterocycles. The zero-order chi connectivity index (χ0) is 11.7. The molecule has 1 aromatic rings. The van der Waals surface area contributed by atoms with E-state index in [0.29, 0.717) is 13.1 Å². The molecule has 1 unspecified atom stereocenters. The van der Waals surface area contributed by atoms with Crippen molar-refractivity contribution < 1.29 is 9.59 Å². The van der Waals surface area contributed by atoms with Crippen LogP contribution in [0.25, 0.3) is 0 Å². The molecule has 1 saturated heterocycles. The molecular weight excluding hydrogens is 210 g/mol. The number of hydrogen-bond donors (Lipinski definition) is 1. The number of carbonyl (C=O) groups excluding carboxylic acids is 2. The van der Waals surface area contributed by atoms with Crippen molar-refractivity contribution in [1.82, 2.24) is 25.2 Å². The summed E-state index contributed by atoms with van der Waals surface area (Å²) in [6.07, 6.45) is 1.54. The third-order valence-corrected chi connectivity index (χ3v) is 2.58. The quantitative estimate of drug-likeness (QED) is 0.647. The standard InChI is InChI=1S/C9H13N5O2/c1-6-8(15)10-3-4-14(6)9(16)7-5-13(2)12-11-7/h5-6H,3-4H2,1-2H3,(H,10,15). The van der Waals surface area contributed by atoms with Crippen LogP contribution in [0.5, 0.6) is 0 Å². The van der Waals surface area contributed by atoms with Gasteiger partial charge in [-0.15, -0.1) is 5.10 Å². The highest BCUT2D eigenvalue weighted by atomic mass is 16.2. The first kappa shape index (κ1) is 10.6. The second-order valence-electron chi connectivity index (χ2n) is 3.74. The van der Waals surface area contributed by atoms with Gasteiger partial charge >= 0.3 is 0 Å². The maximum absolute atomic E-state index is 12.0. The molecule has 1 aromatic heterocycles. The van der Waals surface area contributed by atoms with Gasteiger partial charge in [-0.2, -0.15) is 0 Å². The number of nitrogens with one attached hydrogen (secondary N) is 1. The van der Waals surface area contributed by atoms with Gasteiger partial charge in [-0.3, -0.25) is 14.3 Å². The highest BCUT2D eigenvalue weighted by Crippen LogP contribution is 2.08. The summed E-state index contributed by atoms with van der Waals surface area (Å²) in [4.78, 5) is 24.9. The van der Waals surface area contributed by atoms with E-state index in [1.165, 1.54) is 9.58 Å². The predicted molar refractivity (Wildman–Crippen MR) is 54.5 cm³/mol. The van der Waals surface area contributed by atoms with Crippen LogP contribution in [0.4, 0.5) is 0 Å². The van der Waals surface area contributed by atoms with Gasteiger partial charge < -0.3 is 10.2 Å². The van der Waals surface area contributed by atoms with E-state index in [1.807, 2.05) is 0 Å². The minimum Gasteiger partial charge on any atom is -0.353 e. The lowest BCUT2D eigenvalue weighted by molar-refractivity contribution is -0.127. The van der Waals surface area contributed by atoms with Crippen molar-refractivity contribution in [1.29, 1.82) is 0 Å². The fourth-order valence-corrected chi connectivity index (χ4v) is 1.65. The zero-order valence-corrected chi connectivity index (χ0v) is 9.17. The number of carbonyl (C=O) groups is 2. The maximum Gasteiger partial charge on any atom is 0.276 e. The van der Waals surface area contributed by atoms with Gasteiger partial charge in [0.1, 0.15) is 6.04 Å². The fourth-order valence-electron chi connectivity index (χ4n) is 1.65. The number of piperazine rings is 1. The number of nitrogens with zero attached hydrogens (tertiary/aromatic N) is 4. The number of aromatic nitrogens is 3. The van der Waals surface area contributed by atoms with Crippen LogP contribution in [0.15, 0.2) is 6.20 Å². The second-order valence-corrected chi connectivity index (χ2v) is 3.74. The largest absolute Gasteiger partial charge is 0.353 e. The molecule has 16 heavy (non-hydrogen) atoms. The minimum absolute atomic E-state index is 0.136. The van der Waals surface area contributed by atoms with Gasteiger partial charge in [0.15, 0.2) is 5.69 Å². The Bertz CT molecular complexity index is 427. The molecule has 86 valence electrons. The molecule has 0 bridgehead atoms. The van der Waals surface area contributed by atoms with E-state index in [4.69, 9.17) is 0 Å². The van der Waals surface area contributed by atoms with Crippen LogP contribution in [0.1, 0.15) is 17.4 Å². The first-order valence-electron chi connectivity index (χ1n) is 5.04. The molecule has 7 heteroatoms. The molecule has 2 amide bonds. The van der Waals surface area contributed by atoms with E-state index in [0.717, 1.165) is 0 Å². The summed E-state index contributed by atoms with van der Waals surface area (Å²) in [5.41, 5.74) is 0.268. The Balaban J connectivity index is 2.18. The van der Waals surface area contributed by atoms with E-state index in [9.17, 15) is 9.59 Å². The molecule has 1 N–H and O–H groups in total. The van der Waals surface area contributed by atoms with Crippen molar-refractivity contribution in [3.8, 4) is 0 Å². The van der Waals surface area contributed by atoms with Crippen LogP contribution in [0.3, 0.4) is 0 Å². The monoisotopic (exact) mass is 223 g/mol. The third kappa shape index (κ3) is 1.75. The molecule has 0 spiro atoms. The smallest absolute Gasteiger partial charge is 0.276 e. The van der Waals surface area contributed by atoms with Crippen LogP contribution >= 0.6 is 0 Å². The highest BCUT2D eigenvalue weighted by Gasteiger charge is 2.30. The summed E-state index contributed by atoms with van der Waals surface area (Å²) in [5.74, 6) is -0.390. The molecule has 0 aliphatic carbocycles. The fraction of sp³-hybridized carbons (Fsp3) is 0.556. The van der Waals surface area contributed by atoms with Gasteiger partial charge in [-0.25, -0.2) is 0 Å². The van der Waals surface area contributed by atoms with Gasteiger partial charge in [0, 0.05) is 20.1 Å². The Morgan fingerprint density at radius 2 is 2.38 bits per heavy atom. The van der Waals surface area contributed by atoms with Gasteiger partial charge in [-0.1, -0.05) is 5.21 Å². The van der Waals surface area contributed by atoms with E-state index >= 15 is 0 Å². The minimum atomic E-state index is -0.455. The van der Waals surface area contributed by atoms with E-state index in [2.05, 4.69) is 15.6 Å². The van der Waals surface area contributed by atoms with Crippen LogP contribution in [-0.2, 0) is 11.8 Å². The van der Waals surface area contributed by atoms with Crippen LogP contribution in [0.2, 0.25) is 0 Å². The number of amides is 2. The molecule has 0 saturated carbocycles. The van der Waals surface area contributed by atoms with Crippen molar-refractivity contribution in [3.05, 3.63) is 11.9 Å². The van der Waals surface area contributed by atoms with Gasteiger partial charge in [0.05, 0.1) is 6.20 Å². The molecular formula is C9H13N5O2. The van der Waals surface area contributed by atoms with Crippen LogP contribution in [-0.4, -0.2) is 50.8 Å². The second kappa shape index (κ2) is 3.92. The Labute approximate surface area is 92.4 Å². The van der Waals surface area contributed by atoms with E-state index in [-0.39, 0.29) is 17.5 Å². The zero-order valence-electron chi connectivity index (χ0n) is 9.17. The summed E-state index contributed by atoms with van der Waals surface area (Å²) in [7, 11) is 1.69. The van der Waals surface area contributed by atoms with Crippen molar-refractivity contribution in [2.75, 3.05) is 13.1 Å². The van der Waals surface area contributed by atoms with E-state index < -0.39 is 6.04 Å². The predicted octanol–water partition coefficient (Wildman–Crippen LogP) is -1.22. The normalized spacial score (nSPS) is 20.8. The highest BCUT2D eigenvalue weighted by molar-refractivity contribution is 5.96. The van der Waals surface area contributed by atoms with Gasteiger partial charge in [0.25, 0.3) is 5.91 Å². The first-order valence-corrected chi connectivity index (χ1v) is 5.04. The molecule has 2 rings (SSSR count). The lowest BCUT2D eigenvalue weighted by atomic mass is 10.2. The van der Waals surface area contributed by atoms with Crippen LogP contribution < -0.4 is 5.32 Å². The van der Waals surface area contributed by atoms with Gasteiger partial charge in [-0.05, 0) is 6.92 Å². The average Bonchev–Trinajstić information content (AvgIpc) is 2.68. The Kier molecular flexibility index (Phi) is 2.59. The lowest BCUT2D eigenvalue weighted by Gasteiger charge is -2.32. The molecule has 0 radical (unpaired) electrons. The molecule has 1 fully saturated rings. The number of aryl methyl sites for hydroxylation is 1. The Hall–Kier alpha value is -1.92. The molecule has 0 aromatic carbocycles. The summed E-state index contributed by atoms with van der Waals surface area (Å²) in [6, 6.07) is -0.455. The Morgan fingerprint density at radius 1 is 1.62 bits per heavy atom. The Morgan fingerprint density at radius 3 is 3.00 bits per heavy atom.